The highest BCUT2D eigenvalue weighted by atomic mass is 19.1. The minimum absolute atomic E-state index is 0.0997. The Morgan fingerprint density at radius 2 is 1.80 bits per heavy atom. The van der Waals surface area contributed by atoms with Crippen molar-refractivity contribution in [1.29, 1.82) is 0 Å². The smallest absolute Gasteiger partial charge is 0.274 e. The fourth-order valence-electron chi connectivity index (χ4n) is 7.92. The van der Waals surface area contributed by atoms with E-state index in [4.69, 9.17) is 9.97 Å². The first-order valence-corrected chi connectivity index (χ1v) is 18.1. The Balaban J connectivity index is 0.902. The van der Waals surface area contributed by atoms with Crippen molar-refractivity contribution in [2.45, 2.75) is 51.5 Å². The number of aromatic nitrogens is 6. The van der Waals surface area contributed by atoms with Gasteiger partial charge >= 0.3 is 0 Å². The van der Waals surface area contributed by atoms with Crippen LogP contribution >= 0.6 is 0 Å². The third-order valence-corrected chi connectivity index (χ3v) is 10.9. The number of carbonyl (C=O) groups excluding carboxylic acids is 1. The van der Waals surface area contributed by atoms with E-state index in [1.165, 1.54) is 32.0 Å². The number of imidazole rings is 1. The predicted molar refractivity (Wildman–Crippen MR) is 193 cm³/mol. The average Bonchev–Trinajstić information content (AvgIpc) is 3.59. The summed E-state index contributed by atoms with van der Waals surface area (Å²) in [5.41, 5.74) is 6.89. The Morgan fingerprint density at radius 3 is 2.62 bits per heavy atom. The molecule has 3 aromatic heterocycles. The van der Waals surface area contributed by atoms with Crippen LogP contribution in [0.15, 0.2) is 48.8 Å². The number of likely N-dealkylation sites (tertiary alicyclic amines) is 1. The van der Waals surface area contributed by atoms with E-state index < -0.39 is 0 Å². The van der Waals surface area contributed by atoms with Crippen LogP contribution in [-0.4, -0.2) is 116 Å². The van der Waals surface area contributed by atoms with Gasteiger partial charge in [0.15, 0.2) is 5.82 Å². The van der Waals surface area contributed by atoms with Crippen molar-refractivity contribution in [3.63, 3.8) is 0 Å². The lowest BCUT2D eigenvalue weighted by Crippen LogP contribution is -2.45. The lowest BCUT2D eigenvalue weighted by atomic mass is 9.97. The van der Waals surface area contributed by atoms with Crippen molar-refractivity contribution in [2.75, 3.05) is 64.3 Å². The van der Waals surface area contributed by atoms with Gasteiger partial charge in [-0.05, 0) is 86.8 Å². The summed E-state index contributed by atoms with van der Waals surface area (Å²) in [6.45, 7) is 9.58. The molecule has 5 aromatic rings. The first-order chi connectivity index (χ1) is 24.4. The van der Waals surface area contributed by atoms with Gasteiger partial charge in [0.1, 0.15) is 23.0 Å². The number of H-pyrrole nitrogens is 2. The summed E-state index contributed by atoms with van der Waals surface area (Å²) in [5.74, 6) is 1.20. The van der Waals surface area contributed by atoms with Crippen LogP contribution < -0.4 is 4.90 Å². The molecule has 0 radical (unpaired) electrons. The van der Waals surface area contributed by atoms with E-state index in [1.807, 2.05) is 29.2 Å². The third-order valence-electron chi connectivity index (χ3n) is 10.9. The van der Waals surface area contributed by atoms with Gasteiger partial charge in [0.05, 0.1) is 23.6 Å². The number of amides is 1. The molecule has 6 heterocycles. The van der Waals surface area contributed by atoms with E-state index in [2.05, 4.69) is 48.8 Å². The first-order valence-electron chi connectivity index (χ1n) is 18.1. The number of piperidine rings is 1. The van der Waals surface area contributed by atoms with Crippen LogP contribution in [0, 0.1) is 5.82 Å². The minimum Gasteiger partial charge on any atom is -0.354 e. The number of aryl methyl sites for hydroxylation is 1. The van der Waals surface area contributed by atoms with Crippen LogP contribution in [0.25, 0.3) is 33.5 Å². The molecule has 11 nitrogen and oxygen atoms in total. The maximum absolute atomic E-state index is 14.1. The standard InChI is InChI=1S/C38H45FN10O/c1-3-25-5-7-27(39)22-30(25)26-6-8-29-33(21-26)44-45-36(29)37-42-31-11-17-49(18-12-32(31)43-37)38(50)34-23-41-35(24-40-34)48-14-4-13-47(19-20-48)28-9-15-46(2)16-10-28/h5-8,21-24,28H,3-4,9-20H2,1-2H3,(H,42,43)(H,44,45). The second-order valence-electron chi connectivity index (χ2n) is 14.0. The summed E-state index contributed by atoms with van der Waals surface area (Å²) in [6.07, 6.45) is 9.12. The van der Waals surface area contributed by atoms with Crippen LogP contribution in [0.3, 0.4) is 0 Å². The van der Waals surface area contributed by atoms with Gasteiger partial charge in [0.25, 0.3) is 5.91 Å². The Hall–Kier alpha value is -4.68. The number of anilines is 1. The van der Waals surface area contributed by atoms with Crippen LogP contribution in [0.2, 0.25) is 0 Å². The van der Waals surface area contributed by atoms with Crippen molar-refractivity contribution in [2.24, 2.45) is 0 Å². The molecule has 0 aliphatic carbocycles. The summed E-state index contributed by atoms with van der Waals surface area (Å²) >= 11 is 0. The molecular formula is C38H45FN10O. The molecule has 1 amide bonds. The minimum atomic E-state index is -0.247. The molecule has 3 aliphatic rings. The first kappa shape index (κ1) is 32.5. The molecule has 2 saturated heterocycles. The number of hydrogen-bond donors (Lipinski definition) is 2. The Bertz CT molecular complexity index is 1950. The zero-order valence-electron chi connectivity index (χ0n) is 29.0. The highest BCUT2D eigenvalue weighted by molar-refractivity contribution is 5.94. The van der Waals surface area contributed by atoms with Crippen molar-refractivity contribution >= 4 is 22.6 Å². The zero-order valence-corrected chi connectivity index (χ0v) is 29.0. The quantitative estimate of drug-likeness (QED) is 0.260. The number of rotatable bonds is 6. The van der Waals surface area contributed by atoms with Gasteiger partial charge in [0, 0.05) is 69.2 Å². The van der Waals surface area contributed by atoms with E-state index in [0.29, 0.717) is 43.5 Å². The van der Waals surface area contributed by atoms with Gasteiger partial charge in [0.2, 0.25) is 0 Å². The van der Waals surface area contributed by atoms with Gasteiger partial charge in [-0.25, -0.2) is 19.3 Å². The SMILES string of the molecule is CCc1ccc(F)cc1-c1ccc2c(-c3nc4c([nH]3)CCN(C(=O)c3cnc(N5CCCN(C6CCN(C)CC6)CC5)cn3)CC4)n[nH]c2c1. The Morgan fingerprint density at radius 1 is 0.940 bits per heavy atom. The third kappa shape index (κ3) is 6.49. The highest BCUT2D eigenvalue weighted by Gasteiger charge is 2.27. The van der Waals surface area contributed by atoms with Crippen molar-refractivity contribution < 1.29 is 9.18 Å². The van der Waals surface area contributed by atoms with Crippen molar-refractivity contribution in [1.82, 2.24) is 44.8 Å². The van der Waals surface area contributed by atoms with Gasteiger partial charge in [-0.2, -0.15) is 5.10 Å². The molecule has 2 N–H and O–H groups in total. The van der Waals surface area contributed by atoms with Crippen LogP contribution in [0.4, 0.5) is 10.2 Å². The van der Waals surface area contributed by atoms with E-state index in [-0.39, 0.29) is 11.7 Å². The molecule has 2 aromatic carbocycles. The topological polar surface area (TPSA) is 113 Å². The zero-order chi connectivity index (χ0) is 34.2. The maximum atomic E-state index is 14.1. The number of benzene rings is 2. The number of aromatic amines is 2. The number of nitrogens with zero attached hydrogens (tertiary/aromatic N) is 8. The average molecular weight is 677 g/mol. The molecule has 8 rings (SSSR count). The summed E-state index contributed by atoms with van der Waals surface area (Å²) in [6, 6.07) is 11.7. The van der Waals surface area contributed by atoms with Crippen LogP contribution in [0.5, 0.6) is 0 Å². The summed E-state index contributed by atoms with van der Waals surface area (Å²) in [7, 11) is 2.21. The Labute approximate surface area is 291 Å². The number of carbonyl (C=O) groups is 1. The fraction of sp³-hybridized carbons (Fsp3) is 0.447. The van der Waals surface area contributed by atoms with Crippen molar-refractivity contribution in [3.05, 3.63) is 77.3 Å². The molecule has 12 heteroatoms. The molecule has 0 unspecified atom stereocenters. The normalized spacial score (nSPS) is 18.3. The molecule has 3 aliphatic heterocycles. The molecule has 0 atom stereocenters. The van der Waals surface area contributed by atoms with Crippen LogP contribution in [-0.2, 0) is 19.3 Å². The molecule has 50 heavy (non-hydrogen) atoms. The lowest BCUT2D eigenvalue weighted by molar-refractivity contribution is 0.0756. The van der Waals surface area contributed by atoms with Crippen LogP contribution in [0.1, 0.15) is 53.6 Å². The number of fused-ring (bicyclic) bond motifs is 2. The maximum Gasteiger partial charge on any atom is 0.274 e. The lowest BCUT2D eigenvalue weighted by Gasteiger charge is -2.36. The number of nitrogens with one attached hydrogen (secondary N) is 2. The largest absolute Gasteiger partial charge is 0.354 e. The molecule has 0 saturated carbocycles. The van der Waals surface area contributed by atoms with E-state index in [1.54, 1.807) is 18.5 Å². The highest BCUT2D eigenvalue weighted by Crippen LogP contribution is 2.32. The predicted octanol–water partition coefficient (Wildman–Crippen LogP) is 4.96. The van der Waals surface area contributed by atoms with Crippen molar-refractivity contribution in [3.8, 4) is 22.6 Å². The van der Waals surface area contributed by atoms with Gasteiger partial charge in [-0.1, -0.05) is 19.1 Å². The Kier molecular flexibility index (Phi) is 9.05. The van der Waals surface area contributed by atoms with Gasteiger partial charge in [-0.15, -0.1) is 0 Å². The molecule has 0 spiro atoms. The second-order valence-corrected chi connectivity index (χ2v) is 14.0. The molecular weight excluding hydrogens is 631 g/mol. The van der Waals surface area contributed by atoms with E-state index in [0.717, 1.165) is 89.5 Å². The molecule has 0 bridgehead atoms. The number of halogens is 1. The summed E-state index contributed by atoms with van der Waals surface area (Å²) in [5, 5.41) is 8.70. The fourth-order valence-corrected chi connectivity index (χ4v) is 7.92. The van der Waals surface area contributed by atoms with E-state index >= 15 is 0 Å². The molecule has 2 fully saturated rings. The van der Waals surface area contributed by atoms with Gasteiger partial charge < -0.3 is 19.7 Å². The molecule has 260 valence electrons. The number of hydrogen-bond acceptors (Lipinski definition) is 8. The summed E-state index contributed by atoms with van der Waals surface area (Å²) in [4.78, 5) is 40.5. The monoisotopic (exact) mass is 676 g/mol. The summed E-state index contributed by atoms with van der Waals surface area (Å²) < 4.78 is 14.1. The second kappa shape index (κ2) is 13.9. The van der Waals surface area contributed by atoms with Gasteiger partial charge in [-0.3, -0.25) is 14.8 Å². The van der Waals surface area contributed by atoms with E-state index in [9.17, 15) is 9.18 Å².